The Morgan fingerprint density at radius 3 is 2.80 bits per heavy atom. The molecule has 0 saturated heterocycles. The van der Waals surface area contributed by atoms with Crippen molar-refractivity contribution in [3.8, 4) is 27.9 Å². The lowest BCUT2D eigenvalue weighted by atomic mass is 10.1. The second-order valence-electron chi connectivity index (χ2n) is 5.32. The summed E-state index contributed by atoms with van der Waals surface area (Å²) in [5.41, 5.74) is 1.91. The number of ether oxygens (including phenoxy) is 1. The summed E-state index contributed by atoms with van der Waals surface area (Å²) in [5, 5.41) is 6.05. The highest BCUT2D eigenvalue weighted by Gasteiger charge is 2.12. The second-order valence-corrected chi connectivity index (χ2v) is 7.12. The maximum Gasteiger partial charge on any atom is 0.258 e. The number of para-hydroxylation sites is 1. The molecule has 0 atom stereocenters. The highest BCUT2D eigenvalue weighted by molar-refractivity contribution is 9.10. The summed E-state index contributed by atoms with van der Waals surface area (Å²) in [6.07, 6.45) is 0. The minimum absolute atomic E-state index is 0.461. The van der Waals surface area contributed by atoms with Crippen molar-refractivity contribution in [2.45, 2.75) is 6.61 Å². The summed E-state index contributed by atoms with van der Waals surface area (Å²) in [7, 11) is 0. The minimum atomic E-state index is 0.461. The normalized spacial score (nSPS) is 10.8. The number of halogens is 1. The number of hydrogen-bond donors (Lipinski definition) is 0. The smallest absolute Gasteiger partial charge is 0.258 e. The fraction of sp³-hybridized carbons (Fsp3) is 0.0526. The van der Waals surface area contributed by atoms with Crippen LogP contribution in [0.2, 0.25) is 0 Å². The van der Waals surface area contributed by atoms with Crippen LogP contribution in [0, 0.1) is 0 Å². The number of aromatic nitrogens is 2. The van der Waals surface area contributed by atoms with Crippen LogP contribution < -0.4 is 4.74 Å². The predicted molar refractivity (Wildman–Crippen MR) is 102 cm³/mol. The van der Waals surface area contributed by atoms with E-state index in [0.29, 0.717) is 18.3 Å². The van der Waals surface area contributed by atoms with Gasteiger partial charge in [0.2, 0.25) is 5.82 Å². The fourth-order valence-electron chi connectivity index (χ4n) is 2.36. The number of nitrogens with zero attached hydrogens (tertiary/aromatic N) is 2. The van der Waals surface area contributed by atoms with Crippen LogP contribution in [0.5, 0.6) is 5.75 Å². The van der Waals surface area contributed by atoms with Crippen LogP contribution in [-0.4, -0.2) is 10.1 Å². The van der Waals surface area contributed by atoms with Crippen LogP contribution in [0.1, 0.15) is 5.56 Å². The molecule has 4 aromatic rings. The Bertz CT molecular complexity index is 983. The van der Waals surface area contributed by atoms with E-state index in [4.69, 9.17) is 9.26 Å². The van der Waals surface area contributed by atoms with E-state index in [2.05, 4.69) is 26.1 Å². The van der Waals surface area contributed by atoms with Gasteiger partial charge in [0.1, 0.15) is 12.4 Å². The largest absolute Gasteiger partial charge is 0.488 e. The summed E-state index contributed by atoms with van der Waals surface area (Å²) < 4.78 is 12.2. The Morgan fingerprint density at radius 1 is 1.04 bits per heavy atom. The fourth-order valence-corrected chi connectivity index (χ4v) is 3.41. The van der Waals surface area contributed by atoms with Crippen molar-refractivity contribution in [3.05, 3.63) is 76.1 Å². The van der Waals surface area contributed by atoms with Gasteiger partial charge < -0.3 is 9.26 Å². The zero-order chi connectivity index (χ0) is 17.1. The van der Waals surface area contributed by atoms with Gasteiger partial charge in [-0.05, 0) is 57.2 Å². The quantitative estimate of drug-likeness (QED) is 0.415. The summed E-state index contributed by atoms with van der Waals surface area (Å²) in [6, 6.07) is 19.7. The third-order valence-electron chi connectivity index (χ3n) is 3.57. The molecule has 0 aliphatic carbocycles. The summed E-state index contributed by atoms with van der Waals surface area (Å²) >= 11 is 5.07. The molecule has 4 nitrogen and oxygen atoms in total. The molecule has 0 aliphatic rings. The van der Waals surface area contributed by atoms with E-state index in [9.17, 15) is 0 Å². The van der Waals surface area contributed by atoms with E-state index in [1.807, 2.05) is 66.0 Å². The first-order valence-electron chi connectivity index (χ1n) is 7.64. The lowest BCUT2D eigenvalue weighted by Crippen LogP contribution is -1.96. The number of thiophene rings is 1. The van der Waals surface area contributed by atoms with Crippen LogP contribution in [0.3, 0.4) is 0 Å². The summed E-state index contributed by atoms with van der Waals surface area (Å²) in [5.74, 6) is 1.93. The van der Waals surface area contributed by atoms with Crippen molar-refractivity contribution in [1.29, 1.82) is 0 Å². The lowest BCUT2D eigenvalue weighted by Gasteiger charge is -2.08. The van der Waals surface area contributed by atoms with E-state index in [1.165, 1.54) is 0 Å². The molecule has 0 amide bonds. The van der Waals surface area contributed by atoms with Crippen LogP contribution >= 0.6 is 27.3 Å². The molecule has 4 rings (SSSR count). The molecule has 2 aromatic carbocycles. The molecule has 0 radical (unpaired) electrons. The molecule has 0 spiro atoms. The molecular formula is C19H13BrN2O2S. The van der Waals surface area contributed by atoms with Crippen LogP contribution in [-0.2, 0) is 6.61 Å². The molecule has 0 unspecified atom stereocenters. The zero-order valence-electron chi connectivity index (χ0n) is 13.1. The molecule has 124 valence electrons. The van der Waals surface area contributed by atoms with Gasteiger partial charge >= 0.3 is 0 Å². The van der Waals surface area contributed by atoms with Gasteiger partial charge in [0.05, 0.1) is 9.35 Å². The monoisotopic (exact) mass is 412 g/mol. The van der Waals surface area contributed by atoms with E-state index >= 15 is 0 Å². The van der Waals surface area contributed by atoms with Gasteiger partial charge in [-0.1, -0.05) is 35.5 Å². The van der Waals surface area contributed by atoms with E-state index in [1.54, 1.807) is 11.3 Å². The molecule has 0 fully saturated rings. The van der Waals surface area contributed by atoms with E-state index < -0.39 is 0 Å². The van der Waals surface area contributed by atoms with Gasteiger partial charge in [0, 0.05) is 5.56 Å². The summed E-state index contributed by atoms with van der Waals surface area (Å²) in [6.45, 7) is 0.461. The van der Waals surface area contributed by atoms with E-state index in [0.717, 1.165) is 26.2 Å². The Labute approximate surface area is 157 Å². The number of hydrogen-bond acceptors (Lipinski definition) is 5. The Morgan fingerprint density at radius 2 is 1.96 bits per heavy atom. The maximum atomic E-state index is 5.87. The third kappa shape index (κ3) is 3.65. The van der Waals surface area contributed by atoms with Crippen molar-refractivity contribution in [3.63, 3.8) is 0 Å². The van der Waals surface area contributed by atoms with Gasteiger partial charge in [-0.15, -0.1) is 11.3 Å². The van der Waals surface area contributed by atoms with Crippen LogP contribution in [0.15, 0.2) is 75.0 Å². The van der Waals surface area contributed by atoms with Crippen molar-refractivity contribution in [2.75, 3.05) is 0 Å². The standard InChI is InChI=1S/C19H13BrN2O2S/c20-15-7-1-2-8-16(15)23-12-13-5-3-6-14(11-13)19-21-18(22-24-19)17-9-4-10-25-17/h1-11H,12H2. The maximum absolute atomic E-state index is 5.87. The second kappa shape index (κ2) is 7.21. The third-order valence-corrected chi connectivity index (χ3v) is 5.09. The minimum Gasteiger partial charge on any atom is -0.488 e. The number of benzene rings is 2. The van der Waals surface area contributed by atoms with Gasteiger partial charge in [0.25, 0.3) is 5.89 Å². The van der Waals surface area contributed by atoms with Crippen molar-refractivity contribution in [1.82, 2.24) is 10.1 Å². The molecule has 0 aliphatic heterocycles. The lowest BCUT2D eigenvalue weighted by molar-refractivity contribution is 0.304. The van der Waals surface area contributed by atoms with Gasteiger partial charge in [-0.2, -0.15) is 4.98 Å². The highest BCUT2D eigenvalue weighted by Crippen LogP contribution is 2.27. The Hall–Kier alpha value is -2.44. The average molecular weight is 413 g/mol. The SMILES string of the molecule is Brc1ccccc1OCc1cccc(-c2nc(-c3cccs3)no2)c1. The first kappa shape index (κ1) is 16.1. The molecule has 25 heavy (non-hydrogen) atoms. The molecular weight excluding hydrogens is 400 g/mol. The number of rotatable bonds is 5. The predicted octanol–water partition coefficient (Wildman–Crippen LogP) is 5.81. The molecule has 0 bridgehead atoms. The van der Waals surface area contributed by atoms with E-state index in [-0.39, 0.29) is 0 Å². The Kier molecular flexibility index (Phi) is 4.63. The molecule has 6 heteroatoms. The first-order valence-corrected chi connectivity index (χ1v) is 9.31. The van der Waals surface area contributed by atoms with Gasteiger partial charge in [-0.3, -0.25) is 0 Å². The van der Waals surface area contributed by atoms with Gasteiger partial charge in [0.15, 0.2) is 0 Å². The van der Waals surface area contributed by atoms with Crippen molar-refractivity contribution >= 4 is 27.3 Å². The first-order chi connectivity index (χ1) is 12.3. The topological polar surface area (TPSA) is 48.2 Å². The van der Waals surface area contributed by atoms with Crippen molar-refractivity contribution in [2.24, 2.45) is 0 Å². The molecule has 2 heterocycles. The molecule has 0 N–H and O–H groups in total. The van der Waals surface area contributed by atoms with Crippen LogP contribution in [0.25, 0.3) is 22.2 Å². The zero-order valence-corrected chi connectivity index (χ0v) is 15.5. The van der Waals surface area contributed by atoms with Crippen LogP contribution in [0.4, 0.5) is 0 Å². The average Bonchev–Trinajstić information content (AvgIpc) is 3.33. The van der Waals surface area contributed by atoms with Crippen molar-refractivity contribution < 1.29 is 9.26 Å². The Balaban J connectivity index is 1.53. The van der Waals surface area contributed by atoms with Gasteiger partial charge in [-0.25, -0.2) is 0 Å². The summed E-state index contributed by atoms with van der Waals surface area (Å²) in [4.78, 5) is 5.47. The highest BCUT2D eigenvalue weighted by atomic mass is 79.9. The molecule has 2 aromatic heterocycles. The molecule has 0 saturated carbocycles.